The Morgan fingerprint density at radius 1 is 1.15 bits per heavy atom. The zero-order valence-corrected chi connectivity index (χ0v) is 16.2. The van der Waals surface area contributed by atoms with Gasteiger partial charge in [-0.05, 0) is 58.2 Å². The van der Waals surface area contributed by atoms with Crippen molar-refractivity contribution >= 4 is 17.8 Å². The molecule has 7 heteroatoms. The molecule has 0 aromatic heterocycles. The number of alkyl carbamates (subject to hydrolysis) is 1. The van der Waals surface area contributed by atoms with Crippen molar-refractivity contribution in [2.24, 2.45) is 0 Å². The van der Waals surface area contributed by atoms with Crippen LogP contribution in [0.5, 0.6) is 0 Å². The summed E-state index contributed by atoms with van der Waals surface area (Å²) in [6.45, 7) is 6.99. The maximum Gasteiger partial charge on any atom is 0.408 e. The highest BCUT2D eigenvalue weighted by Gasteiger charge is 2.44. The first-order chi connectivity index (χ1) is 12.5. The van der Waals surface area contributed by atoms with E-state index >= 15 is 0 Å². The number of carbonyl (C=O) groups is 3. The number of carbonyl (C=O) groups excluding carboxylic acids is 3. The zero-order valence-electron chi connectivity index (χ0n) is 16.2. The van der Waals surface area contributed by atoms with Crippen LogP contribution in [0, 0.1) is 5.82 Å². The minimum atomic E-state index is -1.20. The summed E-state index contributed by atoms with van der Waals surface area (Å²) < 4.78 is 18.4. The van der Waals surface area contributed by atoms with Crippen molar-refractivity contribution < 1.29 is 23.5 Å². The molecule has 2 rings (SSSR count). The number of hydrogen-bond donors (Lipinski definition) is 2. The summed E-state index contributed by atoms with van der Waals surface area (Å²) in [4.78, 5) is 36.9. The summed E-state index contributed by atoms with van der Waals surface area (Å²) >= 11 is 0. The molecule has 1 aromatic rings. The molecule has 2 amide bonds. The molecule has 0 spiro atoms. The van der Waals surface area contributed by atoms with Gasteiger partial charge in [0.25, 0.3) is 0 Å². The topological polar surface area (TPSA) is 84.5 Å². The van der Waals surface area contributed by atoms with Gasteiger partial charge in [0, 0.05) is 12.8 Å². The van der Waals surface area contributed by atoms with Crippen molar-refractivity contribution in [1.29, 1.82) is 0 Å². The normalized spacial score (nSPS) is 17.7. The largest absolute Gasteiger partial charge is 0.444 e. The molecule has 0 aliphatic heterocycles. The fourth-order valence-electron chi connectivity index (χ4n) is 3.03. The summed E-state index contributed by atoms with van der Waals surface area (Å²) in [6.07, 6.45) is 0.170. The van der Waals surface area contributed by atoms with Crippen LogP contribution in [0.2, 0.25) is 0 Å². The van der Waals surface area contributed by atoms with Gasteiger partial charge in [0.1, 0.15) is 22.7 Å². The number of Topliss-reactive ketones (excluding diaryl/α,β-unsaturated/α-hetero) is 1. The molecule has 1 aliphatic rings. The van der Waals surface area contributed by atoms with Crippen LogP contribution in [0.1, 0.15) is 65.0 Å². The van der Waals surface area contributed by atoms with Crippen LogP contribution in [-0.4, -0.2) is 28.9 Å². The number of nitrogens with one attached hydrogen (secondary N) is 2. The molecule has 1 fully saturated rings. The van der Waals surface area contributed by atoms with Crippen molar-refractivity contribution in [2.45, 2.75) is 70.6 Å². The lowest BCUT2D eigenvalue weighted by molar-refractivity contribution is -0.132. The van der Waals surface area contributed by atoms with Crippen molar-refractivity contribution in [1.82, 2.24) is 10.6 Å². The number of hydrogen-bond acceptors (Lipinski definition) is 4. The second-order valence-electron chi connectivity index (χ2n) is 7.99. The number of halogens is 1. The maximum absolute atomic E-state index is 13.1. The molecule has 0 unspecified atom stereocenters. The molecule has 0 saturated heterocycles. The summed E-state index contributed by atoms with van der Waals surface area (Å²) in [6, 6.07) is 5.46. The van der Waals surface area contributed by atoms with Gasteiger partial charge < -0.3 is 15.4 Å². The quantitative estimate of drug-likeness (QED) is 0.841. The van der Waals surface area contributed by atoms with Gasteiger partial charge in [-0.15, -0.1) is 0 Å². The Kier molecular flexibility index (Phi) is 6.23. The van der Waals surface area contributed by atoms with Crippen molar-refractivity contribution in [3.05, 3.63) is 35.6 Å². The van der Waals surface area contributed by atoms with Gasteiger partial charge in [-0.1, -0.05) is 12.1 Å². The lowest BCUT2D eigenvalue weighted by atomic mass is 9.80. The van der Waals surface area contributed by atoms with E-state index in [0.29, 0.717) is 0 Å². The number of rotatable bonds is 4. The zero-order chi connectivity index (χ0) is 20.2. The molecule has 27 heavy (non-hydrogen) atoms. The number of ketones is 1. The van der Waals surface area contributed by atoms with Crippen LogP contribution in [-0.2, 0) is 14.3 Å². The third-order valence-electron chi connectivity index (χ3n) is 4.55. The van der Waals surface area contributed by atoms with Crippen LogP contribution in [0.4, 0.5) is 9.18 Å². The summed E-state index contributed by atoms with van der Waals surface area (Å²) in [5.74, 6) is -0.667. The van der Waals surface area contributed by atoms with Crippen molar-refractivity contribution in [2.75, 3.05) is 0 Å². The van der Waals surface area contributed by atoms with Gasteiger partial charge in [0.2, 0.25) is 5.91 Å². The average molecular weight is 378 g/mol. The van der Waals surface area contributed by atoms with E-state index in [9.17, 15) is 18.8 Å². The van der Waals surface area contributed by atoms with E-state index in [0.717, 1.165) is 5.56 Å². The first-order valence-electron chi connectivity index (χ1n) is 9.10. The minimum absolute atomic E-state index is 0.0657. The van der Waals surface area contributed by atoms with Gasteiger partial charge in [-0.2, -0.15) is 0 Å². The number of amides is 2. The van der Waals surface area contributed by atoms with Gasteiger partial charge >= 0.3 is 6.09 Å². The predicted molar refractivity (Wildman–Crippen MR) is 98.5 cm³/mol. The van der Waals surface area contributed by atoms with E-state index in [2.05, 4.69) is 10.6 Å². The molecule has 1 atom stereocenters. The SMILES string of the molecule is C[C@@H](NC(=O)C1(NC(=O)OC(C)(C)C)CCC(=O)CC1)c1ccc(F)cc1. The Morgan fingerprint density at radius 2 is 1.70 bits per heavy atom. The van der Waals surface area contributed by atoms with E-state index < -0.39 is 17.2 Å². The molecule has 148 valence electrons. The average Bonchev–Trinajstić information content (AvgIpc) is 2.56. The molecule has 1 aromatic carbocycles. The summed E-state index contributed by atoms with van der Waals surface area (Å²) in [5, 5.41) is 5.56. The second-order valence-corrected chi connectivity index (χ2v) is 7.99. The third kappa shape index (κ3) is 5.77. The Morgan fingerprint density at radius 3 is 2.22 bits per heavy atom. The smallest absolute Gasteiger partial charge is 0.408 e. The van der Waals surface area contributed by atoms with Crippen LogP contribution in [0.15, 0.2) is 24.3 Å². The van der Waals surface area contributed by atoms with Gasteiger partial charge in [-0.25, -0.2) is 9.18 Å². The fourth-order valence-corrected chi connectivity index (χ4v) is 3.03. The number of benzene rings is 1. The fraction of sp³-hybridized carbons (Fsp3) is 0.550. The molecule has 2 N–H and O–H groups in total. The highest BCUT2D eigenvalue weighted by atomic mass is 19.1. The maximum atomic E-state index is 13.1. The molecular formula is C20H27FN2O4. The lowest BCUT2D eigenvalue weighted by Crippen LogP contribution is -2.61. The highest BCUT2D eigenvalue weighted by Crippen LogP contribution is 2.28. The van der Waals surface area contributed by atoms with Crippen LogP contribution >= 0.6 is 0 Å². The summed E-state index contributed by atoms with van der Waals surface area (Å²) in [7, 11) is 0. The Bertz CT molecular complexity index is 700. The van der Waals surface area contributed by atoms with Crippen LogP contribution in [0.3, 0.4) is 0 Å². The number of ether oxygens (including phenoxy) is 1. The molecule has 1 saturated carbocycles. The predicted octanol–water partition coefficient (Wildman–Crippen LogP) is 3.41. The van der Waals surface area contributed by atoms with E-state index in [1.165, 1.54) is 12.1 Å². The molecule has 6 nitrogen and oxygen atoms in total. The molecule has 1 aliphatic carbocycles. The van der Waals surface area contributed by atoms with Crippen LogP contribution in [0.25, 0.3) is 0 Å². The molecule has 0 bridgehead atoms. The van der Waals surface area contributed by atoms with E-state index in [1.807, 2.05) is 0 Å². The third-order valence-corrected chi connectivity index (χ3v) is 4.55. The lowest BCUT2D eigenvalue weighted by Gasteiger charge is -2.37. The van der Waals surface area contributed by atoms with Crippen molar-refractivity contribution in [3.63, 3.8) is 0 Å². The van der Waals surface area contributed by atoms with Crippen LogP contribution < -0.4 is 10.6 Å². The first kappa shape index (κ1) is 20.9. The molecule has 0 radical (unpaired) electrons. The first-order valence-corrected chi connectivity index (χ1v) is 9.10. The second kappa shape index (κ2) is 8.06. The Balaban J connectivity index is 2.14. The van der Waals surface area contributed by atoms with Gasteiger partial charge in [0.15, 0.2) is 0 Å². The summed E-state index contributed by atoms with van der Waals surface area (Å²) in [5.41, 5.74) is -1.16. The minimum Gasteiger partial charge on any atom is -0.444 e. The van der Waals surface area contributed by atoms with E-state index in [1.54, 1.807) is 39.8 Å². The van der Waals surface area contributed by atoms with Gasteiger partial charge in [0.05, 0.1) is 6.04 Å². The highest BCUT2D eigenvalue weighted by molar-refractivity contribution is 5.93. The van der Waals surface area contributed by atoms with Crippen molar-refractivity contribution in [3.8, 4) is 0 Å². The molecule has 0 heterocycles. The monoisotopic (exact) mass is 378 g/mol. The van der Waals surface area contributed by atoms with Gasteiger partial charge in [-0.3, -0.25) is 9.59 Å². The Hall–Kier alpha value is -2.44. The Labute approximate surface area is 158 Å². The molecular weight excluding hydrogens is 351 g/mol. The van der Waals surface area contributed by atoms with E-state index in [4.69, 9.17) is 4.74 Å². The van der Waals surface area contributed by atoms with E-state index in [-0.39, 0.29) is 49.2 Å². The standard InChI is InChI=1S/C20H27FN2O4/c1-13(14-5-7-15(21)8-6-14)22-17(25)20(11-9-16(24)10-12-20)23-18(26)27-19(2,3)4/h5-8,13H,9-12H2,1-4H3,(H,22,25)(H,23,26)/t13-/m1/s1.